The largest absolute Gasteiger partial charge is 0.507 e. The second-order valence-corrected chi connectivity index (χ2v) is 5.75. The molecule has 0 aromatic heterocycles. The number of amides is 1. The van der Waals surface area contributed by atoms with Crippen LogP contribution in [0.2, 0.25) is 0 Å². The van der Waals surface area contributed by atoms with Crippen LogP contribution in [-0.2, 0) is 0 Å². The van der Waals surface area contributed by atoms with Crippen LogP contribution < -0.4 is 10.2 Å². The Morgan fingerprint density at radius 1 is 0.909 bits per heavy atom. The van der Waals surface area contributed by atoms with E-state index in [4.69, 9.17) is 11.8 Å². The molecule has 0 saturated carbocycles. The summed E-state index contributed by atoms with van der Waals surface area (Å²) in [6.45, 7) is 1.55. The van der Waals surface area contributed by atoms with E-state index in [-0.39, 0.29) is 11.7 Å². The number of carbonyl (C=O) groups is 1. The predicted molar refractivity (Wildman–Crippen MR) is 91.2 cm³/mol. The quantitative estimate of drug-likeness (QED) is 0.402. The first kappa shape index (κ1) is 18.8. The lowest BCUT2D eigenvalue weighted by molar-refractivity contribution is 0.0950. The van der Waals surface area contributed by atoms with Gasteiger partial charge in [0.1, 0.15) is 5.75 Å². The number of carbonyl (C=O) groups excluding carboxylic acids is 1. The summed E-state index contributed by atoms with van der Waals surface area (Å²) in [4.78, 5) is 14.5. The minimum atomic E-state index is -0.203. The van der Waals surface area contributed by atoms with E-state index in [1.807, 2.05) is 0 Å². The number of hydrogen-bond donors (Lipinski definition) is 3. The van der Waals surface area contributed by atoms with Crippen LogP contribution in [0.25, 0.3) is 0 Å². The highest BCUT2D eigenvalue weighted by Gasteiger charge is 2.08. The van der Waals surface area contributed by atoms with E-state index in [1.54, 1.807) is 18.2 Å². The van der Waals surface area contributed by atoms with Crippen LogP contribution in [0.4, 0.5) is 0 Å². The number of benzene rings is 1. The maximum Gasteiger partial charge on any atom is 0.255 e. The molecule has 0 bridgehead atoms. The van der Waals surface area contributed by atoms with Crippen LogP contribution in [0.3, 0.4) is 0 Å². The summed E-state index contributed by atoms with van der Waals surface area (Å²) >= 11 is 5.39. The molecule has 0 fully saturated rings. The molecular weight excluding hydrogens is 300 g/mol. The maximum absolute atomic E-state index is 11.8. The first-order valence-corrected chi connectivity index (χ1v) is 8.53. The second-order valence-electron chi connectivity index (χ2n) is 5.49. The zero-order chi connectivity index (χ0) is 16.0. The molecule has 1 rings (SSSR count). The molecule has 1 aromatic rings. The van der Waals surface area contributed by atoms with Crippen LogP contribution >= 0.6 is 11.8 Å². The van der Waals surface area contributed by atoms with Crippen LogP contribution in [0, 0.1) is 0 Å². The normalized spacial score (nSPS) is 10.6. The monoisotopic (exact) mass is 326 g/mol. The second kappa shape index (κ2) is 12.3. The molecule has 5 heteroatoms. The van der Waals surface area contributed by atoms with Gasteiger partial charge in [-0.2, -0.15) is 0 Å². The minimum absolute atomic E-state index is 0.0318. The third-order valence-electron chi connectivity index (χ3n) is 3.63. The van der Waals surface area contributed by atoms with Gasteiger partial charge < -0.3 is 10.4 Å². The molecule has 0 radical (unpaired) electrons. The highest BCUT2D eigenvalue weighted by Crippen LogP contribution is 2.15. The molecule has 124 valence electrons. The summed E-state index contributed by atoms with van der Waals surface area (Å²) in [5, 5.41) is 12.4. The Morgan fingerprint density at radius 3 is 2.05 bits per heavy atom. The van der Waals surface area contributed by atoms with Crippen LogP contribution in [0.1, 0.15) is 61.7 Å². The molecule has 0 aliphatic rings. The van der Waals surface area contributed by atoms with Crippen molar-refractivity contribution >= 4 is 17.7 Å². The smallest absolute Gasteiger partial charge is 0.255 e. The molecule has 0 spiro atoms. The molecule has 0 unspecified atom stereocenters. The molecule has 0 heterocycles. The third-order valence-corrected chi connectivity index (χ3v) is 3.82. The number of phenolic OH excluding ortho intramolecular Hbond substituents is 1. The standard InChI is InChI=1S/C17H27ClN2O2/c18-20-14-10-6-4-2-1-3-5-9-13-19-17(22)15-11-7-8-12-16(15)21/h7-8,11-12,20-21H,1-6,9-10,13-14H2,(H,19,22). The zero-order valence-corrected chi connectivity index (χ0v) is 13.9. The van der Waals surface area contributed by atoms with Gasteiger partial charge in [-0.1, -0.05) is 50.7 Å². The first-order chi connectivity index (χ1) is 10.8. The topological polar surface area (TPSA) is 61.4 Å². The molecule has 4 nitrogen and oxygen atoms in total. The molecule has 0 saturated heterocycles. The summed E-state index contributed by atoms with van der Waals surface area (Å²) in [6.07, 6.45) is 9.48. The molecule has 0 aliphatic heterocycles. The van der Waals surface area contributed by atoms with Crippen molar-refractivity contribution in [1.29, 1.82) is 0 Å². The van der Waals surface area contributed by atoms with Crippen molar-refractivity contribution < 1.29 is 9.90 Å². The van der Waals surface area contributed by atoms with Gasteiger partial charge in [0.15, 0.2) is 0 Å². The van der Waals surface area contributed by atoms with Gasteiger partial charge in [-0.25, -0.2) is 4.84 Å². The summed E-state index contributed by atoms with van der Waals surface area (Å²) in [6, 6.07) is 6.61. The number of para-hydroxylation sites is 1. The van der Waals surface area contributed by atoms with E-state index in [0.29, 0.717) is 12.1 Å². The molecule has 1 amide bonds. The fourth-order valence-electron chi connectivity index (χ4n) is 2.34. The summed E-state index contributed by atoms with van der Waals surface area (Å²) in [5.74, 6) is -0.171. The van der Waals surface area contributed by atoms with Crippen molar-refractivity contribution in [3.8, 4) is 5.75 Å². The zero-order valence-electron chi connectivity index (χ0n) is 13.1. The Morgan fingerprint density at radius 2 is 1.45 bits per heavy atom. The molecule has 1 aromatic carbocycles. The van der Waals surface area contributed by atoms with E-state index in [2.05, 4.69) is 10.2 Å². The van der Waals surface area contributed by atoms with Gasteiger partial charge >= 0.3 is 0 Å². The van der Waals surface area contributed by atoms with Crippen molar-refractivity contribution in [2.75, 3.05) is 13.1 Å². The van der Waals surface area contributed by atoms with E-state index in [1.165, 1.54) is 38.2 Å². The maximum atomic E-state index is 11.8. The van der Waals surface area contributed by atoms with Crippen LogP contribution in [0.5, 0.6) is 5.75 Å². The Hall–Kier alpha value is -1.26. The number of halogens is 1. The Kier molecular flexibility index (Phi) is 10.5. The molecule has 22 heavy (non-hydrogen) atoms. The number of nitrogens with one attached hydrogen (secondary N) is 2. The molecule has 3 N–H and O–H groups in total. The summed E-state index contributed by atoms with van der Waals surface area (Å²) < 4.78 is 0. The minimum Gasteiger partial charge on any atom is -0.507 e. The van der Waals surface area contributed by atoms with Crippen molar-refractivity contribution in [3.05, 3.63) is 29.8 Å². The van der Waals surface area contributed by atoms with Gasteiger partial charge in [0.2, 0.25) is 0 Å². The Balaban J connectivity index is 1.95. The van der Waals surface area contributed by atoms with Crippen LogP contribution in [-0.4, -0.2) is 24.1 Å². The highest BCUT2D eigenvalue weighted by atomic mass is 35.5. The van der Waals surface area contributed by atoms with Crippen molar-refractivity contribution in [3.63, 3.8) is 0 Å². The van der Waals surface area contributed by atoms with Gasteiger partial charge in [0, 0.05) is 13.1 Å². The van der Waals surface area contributed by atoms with E-state index >= 15 is 0 Å². The lowest BCUT2D eigenvalue weighted by atomic mass is 10.1. The summed E-state index contributed by atoms with van der Waals surface area (Å²) in [5.41, 5.74) is 0.342. The van der Waals surface area contributed by atoms with E-state index in [0.717, 1.165) is 25.8 Å². The highest BCUT2D eigenvalue weighted by molar-refractivity contribution is 6.13. The Bertz CT molecular complexity index is 427. The van der Waals surface area contributed by atoms with Gasteiger partial charge in [-0.3, -0.25) is 4.79 Å². The molecular formula is C17H27ClN2O2. The number of phenols is 1. The number of hydrogen-bond acceptors (Lipinski definition) is 3. The molecule has 0 aliphatic carbocycles. The average molecular weight is 327 g/mol. The molecule has 0 atom stereocenters. The lowest BCUT2D eigenvalue weighted by Gasteiger charge is -2.06. The van der Waals surface area contributed by atoms with Gasteiger partial charge in [-0.15, -0.1) is 0 Å². The average Bonchev–Trinajstić information content (AvgIpc) is 2.53. The van der Waals surface area contributed by atoms with Crippen molar-refractivity contribution in [2.24, 2.45) is 0 Å². The van der Waals surface area contributed by atoms with Crippen molar-refractivity contribution in [1.82, 2.24) is 10.2 Å². The lowest BCUT2D eigenvalue weighted by Crippen LogP contribution is -2.24. The number of aromatic hydroxyl groups is 1. The number of unbranched alkanes of at least 4 members (excludes halogenated alkanes) is 7. The third kappa shape index (κ3) is 8.25. The van der Waals surface area contributed by atoms with E-state index < -0.39 is 0 Å². The van der Waals surface area contributed by atoms with Crippen molar-refractivity contribution in [2.45, 2.75) is 51.4 Å². The Labute approximate surface area is 138 Å². The number of rotatable bonds is 12. The SMILES string of the molecule is O=C(NCCCCCCCCCCNCl)c1ccccc1O. The predicted octanol–water partition coefficient (Wildman–Crippen LogP) is 3.99. The van der Waals surface area contributed by atoms with Gasteiger partial charge in [-0.05, 0) is 36.8 Å². The van der Waals surface area contributed by atoms with Gasteiger partial charge in [0.05, 0.1) is 5.56 Å². The van der Waals surface area contributed by atoms with E-state index in [9.17, 15) is 9.90 Å². The first-order valence-electron chi connectivity index (χ1n) is 8.15. The fourth-order valence-corrected chi connectivity index (χ4v) is 2.47. The van der Waals surface area contributed by atoms with Crippen LogP contribution in [0.15, 0.2) is 24.3 Å². The summed E-state index contributed by atoms with van der Waals surface area (Å²) in [7, 11) is 0. The van der Waals surface area contributed by atoms with Gasteiger partial charge in [0.25, 0.3) is 5.91 Å². The fraction of sp³-hybridized carbons (Fsp3) is 0.588.